The fourth-order valence-electron chi connectivity index (χ4n) is 2.67. The Morgan fingerprint density at radius 2 is 1.77 bits per heavy atom. The van der Waals surface area contributed by atoms with Gasteiger partial charge in [0.25, 0.3) is 0 Å². The standard InChI is InChI=1S/C18H25NO2.ClH/c1-12(2)8-10-15(20)18(19)17-14-7-5-4-6-13(14)9-11-16(17)21-3;/h4-7,9,11-12,15,18,20H,8,10,19H2,1-3H3;1H/t15-,18-;/m1./s1. The van der Waals surface area contributed by atoms with Crippen molar-refractivity contribution in [2.45, 2.75) is 38.8 Å². The molecule has 2 atom stereocenters. The fraction of sp³-hybridized carbons (Fsp3) is 0.444. The molecule has 0 amide bonds. The van der Waals surface area contributed by atoms with Crippen LogP contribution in [0, 0.1) is 5.92 Å². The first-order valence-corrected chi connectivity index (χ1v) is 7.54. The second-order valence-electron chi connectivity index (χ2n) is 5.97. The number of fused-ring (bicyclic) bond motifs is 1. The van der Waals surface area contributed by atoms with Gasteiger partial charge in [-0.05, 0) is 35.6 Å². The maximum atomic E-state index is 10.4. The van der Waals surface area contributed by atoms with E-state index >= 15 is 0 Å². The lowest BCUT2D eigenvalue weighted by Crippen LogP contribution is -2.27. The van der Waals surface area contributed by atoms with Gasteiger partial charge in [-0.3, -0.25) is 0 Å². The summed E-state index contributed by atoms with van der Waals surface area (Å²) < 4.78 is 5.46. The highest BCUT2D eigenvalue weighted by atomic mass is 35.5. The number of benzene rings is 2. The van der Waals surface area contributed by atoms with Gasteiger partial charge in [-0.25, -0.2) is 0 Å². The Kier molecular flexibility index (Phi) is 7.14. The summed E-state index contributed by atoms with van der Waals surface area (Å²) >= 11 is 0. The molecule has 3 nitrogen and oxygen atoms in total. The van der Waals surface area contributed by atoms with Gasteiger partial charge in [0.1, 0.15) is 5.75 Å². The van der Waals surface area contributed by atoms with Gasteiger partial charge in [0.2, 0.25) is 0 Å². The average molecular weight is 324 g/mol. The first-order chi connectivity index (χ1) is 10.0. The number of methoxy groups -OCH3 is 1. The molecule has 0 aliphatic heterocycles. The van der Waals surface area contributed by atoms with E-state index in [0.717, 1.165) is 28.5 Å². The number of aliphatic hydroxyl groups is 1. The van der Waals surface area contributed by atoms with E-state index in [4.69, 9.17) is 10.5 Å². The molecule has 0 heterocycles. The van der Waals surface area contributed by atoms with E-state index in [0.29, 0.717) is 12.3 Å². The maximum absolute atomic E-state index is 10.4. The second kappa shape index (κ2) is 8.37. The summed E-state index contributed by atoms with van der Waals surface area (Å²) in [7, 11) is 1.64. The van der Waals surface area contributed by atoms with Gasteiger partial charge >= 0.3 is 0 Å². The average Bonchev–Trinajstić information content (AvgIpc) is 2.50. The van der Waals surface area contributed by atoms with Crippen molar-refractivity contribution in [1.82, 2.24) is 0 Å². The van der Waals surface area contributed by atoms with Crippen LogP contribution in [0.1, 0.15) is 38.3 Å². The molecule has 0 saturated carbocycles. The minimum Gasteiger partial charge on any atom is -0.496 e. The molecule has 0 aliphatic rings. The Balaban J connectivity index is 0.00000242. The molecule has 0 saturated heterocycles. The molecule has 4 heteroatoms. The van der Waals surface area contributed by atoms with E-state index in [1.54, 1.807) is 7.11 Å². The lowest BCUT2D eigenvalue weighted by atomic mass is 9.91. The first kappa shape index (κ1) is 18.8. The summed E-state index contributed by atoms with van der Waals surface area (Å²) in [6.07, 6.45) is 1.10. The van der Waals surface area contributed by atoms with Crippen molar-refractivity contribution in [2.24, 2.45) is 11.7 Å². The molecular formula is C18H26ClNO2. The quantitative estimate of drug-likeness (QED) is 0.842. The Morgan fingerprint density at radius 3 is 2.41 bits per heavy atom. The summed E-state index contributed by atoms with van der Waals surface area (Å²) in [6.45, 7) is 4.30. The third kappa shape index (κ3) is 4.13. The molecule has 2 aromatic carbocycles. The molecule has 0 aliphatic carbocycles. The van der Waals surface area contributed by atoms with E-state index in [2.05, 4.69) is 13.8 Å². The number of aliphatic hydroxyl groups excluding tert-OH is 1. The topological polar surface area (TPSA) is 55.5 Å². The first-order valence-electron chi connectivity index (χ1n) is 7.54. The Morgan fingerprint density at radius 1 is 1.09 bits per heavy atom. The van der Waals surface area contributed by atoms with Crippen molar-refractivity contribution in [3.05, 3.63) is 42.0 Å². The number of halogens is 1. The highest BCUT2D eigenvalue weighted by Gasteiger charge is 2.22. The molecule has 22 heavy (non-hydrogen) atoms. The van der Waals surface area contributed by atoms with Crippen LogP contribution in [-0.4, -0.2) is 18.3 Å². The van der Waals surface area contributed by atoms with E-state index in [1.165, 1.54) is 0 Å². The zero-order chi connectivity index (χ0) is 15.4. The van der Waals surface area contributed by atoms with Crippen molar-refractivity contribution in [3.63, 3.8) is 0 Å². The highest BCUT2D eigenvalue weighted by Crippen LogP contribution is 2.34. The molecule has 0 radical (unpaired) electrons. The van der Waals surface area contributed by atoms with Gasteiger partial charge in [0.15, 0.2) is 0 Å². The van der Waals surface area contributed by atoms with Crippen molar-refractivity contribution in [3.8, 4) is 5.75 Å². The Labute approximate surface area is 138 Å². The van der Waals surface area contributed by atoms with Gasteiger partial charge < -0.3 is 15.6 Å². The molecule has 0 aromatic heterocycles. The van der Waals surface area contributed by atoms with Crippen LogP contribution in [0.4, 0.5) is 0 Å². The van der Waals surface area contributed by atoms with Crippen molar-refractivity contribution in [1.29, 1.82) is 0 Å². The molecule has 2 rings (SSSR count). The van der Waals surface area contributed by atoms with E-state index in [9.17, 15) is 5.11 Å². The summed E-state index contributed by atoms with van der Waals surface area (Å²) in [4.78, 5) is 0. The highest BCUT2D eigenvalue weighted by molar-refractivity contribution is 5.88. The second-order valence-corrected chi connectivity index (χ2v) is 5.97. The predicted octanol–water partition coefficient (Wildman–Crippen LogP) is 4.07. The molecule has 2 aromatic rings. The van der Waals surface area contributed by atoms with Crippen LogP contribution in [-0.2, 0) is 0 Å². The molecule has 0 fully saturated rings. The van der Waals surface area contributed by atoms with E-state index in [1.807, 2.05) is 36.4 Å². The SMILES string of the molecule is COc1ccc2ccccc2c1[C@H](N)[C@H](O)CCC(C)C.Cl. The number of rotatable bonds is 6. The normalized spacial score (nSPS) is 13.7. The van der Waals surface area contributed by atoms with Gasteiger partial charge in [-0.2, -0.15) is 0 Å². The zero-order valence-corrected chi connectivity index (χ0v) is 14.3. The number of hydrogen-bond acceptors (Lipinski definition) is 3. The predicted molar refractivity (Wildman–Crippen MR) is 94.8 cm³/mol. The number of ether oxygens (including phenoxy) is 1. The van der Waals surface area contributed by atoms with Crippen LogP contribution >= 0.6 is 12.4 Å². The van der Waals surface area contributed by atoms with Gasteiger partial charge in [-0.15, -0.1) is 12.4 Å². The summed E-state index contributed by atoms with van der Waals surface area (Å²) in [5, 5.41) is 12.6. The van der Waals surface area contributed by atoms with Crippen LogP contribution in [0.2, 0.25) is 0 Å². The monoisotopic (exact) mass is 323 g/mol. The molecule has 0 unspecified atom stereocenters. The van der Waals surface area contributed by atoms with E-state index < -0.39 is 12.1 Å². The molecule has 122 valence electrons. The minimum absolute atomic E-state index is 0. The van der Waals surface area contributed by atoms with Gasteiger partial charge in [0, 0.05) is 5.56 Å². The number of nitrogens with two attached hydrogens (primary N) is 1. The van der Waals surface area contributed by atoms with Crippen LogP contribution in [0.25, 0.3) is 10.8 Å². The minimum atomic E-state index is -0.563. The lowest BCUT2D eigenvalue weighted by molar-refractivity contribution is 0.127. The molecule has 3 N–H and O–H groups in total. The van der Waals surface area contributed by atoms with Gasteiger partial charge in [0.05, 0.1) is 19.3 Å². The smallest absolute Gasteiger partial charge is 0.124 e. The van der Waals surface area contributed by atoms with Crippen LogP contribution in [0.5, 0.6) is 5.75 Å². The van der Waals surface area contributed by atoms with Crippen LogP contribution < -0.4 is 10.5 Å². The zero-order valence-electron chi connectivity index (χ0n) is 13.5. The third-order valence-corrected chi connectivity index (χ3v) is 3.94. The van der Waals surface area contributed by atoms with Crippen molar-refractivity contribution >= 4 is 23.2 Å². The molecule has 0 spiro atoms. The fourth-order valence-corrected chi connectivity index (χ4v) is 2.67. The van der Waals surface area contributed by atoms with E-state index in [-0.39, 0.29) is 12.4 Å². The third-order valence-electron chi connectivity index (χ3n) is 3.94. The largest absolute Gasteiger partial charge is 0.496 e. The van der Waals surface area contributed by atoms with Crippen LogP contribution in [0.3, 0.4) is 0 Å². The summed E-state index contributed by atoms with van der Waals surface area (Å²) in [5.74, 6) is 1.30. The lowest BCUT2D eigenvalue weighted by Gasteiger charge is -2.23. The Bertz CT molecular complexity index is 601. The van der Waals surface area contributed by atoms with Crippen molar-refractivity contribution < 1.29 is 9.84 Å². The number of hydrogen-bond donors (Lipinski definition) is 2. The molecular weight excluding hydrogens is 298 g/mol. The maximum Gasteiger partial charge on any atom is 0.124 e. The summed E-state index contributed by atoms with van der Waals surface area (Å²) in [6, 6.07) is 11.6. The van der Waals surface area contributed by atoms with Crippen LogP contribution in [0.15, 0.2) is 36.4 Å². The van der Waals surface area contributed by atoms with Crippen molar-refractivity contribution in [2.75, 3.05) is 7.11 Å². The Hall–Kier alpha value is -1.29. The van der Waals surface area contributed by atoms with Gasteiger partial charge in [-0.1, -0.05) is 44.2 Å². The molecule has 0 bridgehead atoms. The summed E-state index contributed by atoms with van der Waals surface area (Å²) in [5.41, 5.74) is 7.23.